The maximum Gasteiger partial charge on any atom is 0.323 e. The molecule has 1 aliphatic rings. The van der Waals surface area contributed by atoms with E-state index in [0.29, 0.717) is 11.4 Å². The number of hydrogen-bond donors (Lipinski definition) is 1. The van der Waals surface area contributed by atoms with E-state index >= 15 is 0 Å². The molecule has 0 aromatic heterocycles. The third-order valence-electron chi connectivity index (χ3n) is 2.96. The van der Waals surface area contributed by atoms with Crippen molar-refractivity contribution in [2.45, 2.75) is 0 Å². The molecule has 21 heavy (non-hydrogen) atoms. The zero-order chi connectivity index (χ0) is 15.6. The Kier molecular flexibility index (Phi) is 4.46. The molecular formula is C13H13BrN2O5. The van der Waals surface area contributed by atoms with Gasteiger partial charge in [0, 0.05) is 11.5 Å². The predicted octanol–water partition coefficient (Wildman–Crippen LogP) is 0.718. The number of rotatable bonds is 4. The van der Waals surface area contributed by atoms with E-state index in [2.05, 4.69) is 15.9 Å². The second kappa shape index (κ2) is 6.13. The number of halogens is 1. The quantitative estimate of drug-likeness (QED) is 0.858. The molecule has 0 fully saturated rings. The molecule has 8 heteroatoms. The first-order chi connectivity index (χ1) is 9.88. The van der Waals surface area contributed by atoms with Crippen molar-refractivity contribution in [2.75, 3.05) is 31.6 Å². The molecule has 0 bridgehead atoms. The summed E-state index contributed by atoms with van der Waals surface area (Å²) in [5.74, 6) is -1.41. The molecule has 0 atom stereocenters. The lowest BCUT2D eigenvalue weighted by atomic mass is 10.2. The van der Waals surface area contributed by atoms with E-state index in [-0.39, 0.29) is 19.1 Å². The first-order valence-electron chi connectivity index (χ1n) is 6.07. The van der Waals surface area contributed by atoms with E-state index in [1.807, 2.05) is 0 Å². The molecule has 0 spiro atoms. The van der Waals surface area contributed by atoms with Gasteiger partial charge < -0.3 is 14.7 Å². The van der Waals surface area contributed by atoms with Crippen LogP contribution in [-0.2, 0) is 14.4 Å². The summed E-state index contributed by atoms with van der Waals surface area (Å²) >= 11 is 3.30. The Morgan fingerprint density at radius 1 is 1.48 bits per heavy atom. The average molecular weight is 357 g/mol. The highest BCUT2D eigenvalue weighted by Gasteiger charge is 2.28. The van der Waals surface area contributed by atoms with E-state index in [1.54, 1.807) is 18.2 Å². The van der Waals surface area contributed by atoms with Gasteiger partial charge in [0.2, 0.25) is 5.91 Å². The highest BCUT2D eigenvalue weighted by Crippen LogP contribution is 2.34. The number of aliphatic carboxylic acids is 1. The van der Waals surface area contributed by atoms with Crippen molar-refractivity contribution in [3.05, 3.63) is 22.7 Å². The number of fused-ring (bicyclic) bond motifs is 1. The third kappa shape index (κ3) is 3.52. The Labute approximate surface area is 129 Å². The molecular weight excluding hydrogens is 344 g/mol. The van der Waals surface area contributed by atoms with Crippen LogP contribution in [0.5, 0.6) is 5.75 Å². The summed E-state index contributed by atoms with van der Waals surface area (Å²) in [7, 11) is 1.38. The van der Waals surface area contributed by atoms with E-state index < -0.39 is 18.4 Å². The van der Waals surface area contributed by atoms with Gasteiger partial charge in [-0.15, -0.1) is 0 Å². The van der Waals surface area contributed by atoms with Crippen LogP contribution >= 0.6 is 15.9 Å². The van der Waals surface area contributed by atoms with Gasteiger partial charge in [-0.1, -0.05) is 15.9 Å². The minimum Gasteiger partial charge on any atom is -0.482 e. The molecule has 2 rings (SSSR count). The number of hydrogen-bond acceptors (Lipinski definition) is 4. The molecule has 0 unspecified atom stereocenters. The smallest absolute Gasteiger partial charge is 0.323 e. The van der Waals surface area contributed by atoms with Crippen molar-refractivity contribution in [2.24, 2.45) is 0 Å². The molecule has 0 radical (unpaired) electrons. The molecule has 1 aromatic rings. The second-order valence-electron chi connectivity index (χ2n) is 4.52. The molecule has 2 amide bonds. The number of ether oxygens (including phenoxy) is 1. The fourth-order valence-electron chi connectivity index (χ4n) is 1.90. The normalized spacial score (nSPS) is 13.4. The van der Waals surface area contributed by atoms with Gasteiger partial charge in [-0.25, -0.2) is 0 Å². The van der Waals surface area contributed by atoms with Gasteiger partial charge in [0.15, 0.2) is 6.61 Å². The molecule has 1 aromatic carbocycles. The fourth-order valence-corrected chi connectivity index (χ4v) is 2.24. The lowest BCUT2D eigenvalue weighted by Gasteiger charge is -2.30. The summed E-state index contributed by atoms with van der Waals surface area (Å²) in [6.07, 6.45) is 0. The lowest BCUT2D eigenvalue weighted by molar-refractivity contribution is -0.143. The summed E-state index contributed by atoms with van der Waals surface area (Å²) < 4.78 is 6.11. The Balaban J connectivity index is 2.18. The van der Waals surface area contributed by atoms with Crippen LogP contribution in [0.25, 0.3) is 0 Å². The summed E-state index contributed by atoms with van der Waals surface area (Å²) in [6, 6.07) is 5.11. The van der Waals surface area contributed by atoms with Crippen molar-refractivity contribution in [1.82, 2.24) is 4.90 Å². The van der Waals surface area contributed by atoms with Crippen LogP contribution in [0.3, 0.4) is 0 Å². The molecule has 7 nitrogen and oxygen atoms in total. The number of carbonyl (C=O) groups is 3. The molecule has 0 saturated carbocycles. The van der Waals surface area contributed by atoms with Gasteiger partial charge in [-0.2, -0.15) is 0 Å². The number of likely N-dealkylation sites (N-methyl/N-ethyl adjacent to an activating group) is 1. The molecule has 0 aliphatic carbocycles. The first kappa shape index (κ1) is 15.3. The largest absolute Gasteiger partial charge is 0.482 e. The van der Waals surface area contributed by atoms with Crippen molar-refractivity contribution < 1.29 is 24.2 Å². The maximum absolute atomic E-state index is 12.0. The van der Waals surface area contributed by atoms with E-state index in [1.165, 1.54) is 11.9 Å². The molecule has 112 valence electrons. The van der Waals surface area contributed by atoms with Crippen molar-refractivity contribution in [3.8, 4) is 5.75 Å². The van der Waals surface area contributed by atoms with E-state index in [0.717, 1.165) is 9.37 Å². The molecule has 1 N–H and O–H groups in total. The van der Waals surface area contributed by atoms with Gasteiger partial charge in [0.25, 0.3) is 5.91 Å². The van der Waals surface area contributed by atoms with Crippen LogP contribution in [0.4, 0.5) is 5.69 Å². The number of amides is 2. The Morgan fingerprint density at radius 3 is 2.86 bits per heavy atom. The highest BCUT2D eigenvalue weighted by molar-refractivity contribution is 9.10. The monoisotopic (exact) mass is 356 g/mol. The number of benzene rings is 1. The van der Waals surface area contributed by atoms with E-state index in [9.17, 15) is 14.4 Å². The van der Waals surface area contributed by atoms with Crippen LogP contribution in [0.15, 0.2) is 22.7 Å². The summed E-state index contributed by atoms with van der Waals surface area (Å²) in [6.45, 7) is -0.787. The first-order valence-corrected chi connectivity index (χ1v) is 6.86. The molecule has 1 aliphatic heterocycles. The van der Waals surface area contributed by atoms with Crippen LogP contribution in [0, 0.1) is 0 Å². The van der Waals surface area contributed by atoms with Gasteiger partial charge in [-0.3, -0.25) is 19.3 Å². The number of nitrogens with zero attached hydrogens (tertiary/aromatic N) is 2. The summed E-state index contributed by atoms with van der Waals surface area (Å²) in [5.41, 5.74) is 0.492. The number of carboxylic acid groups (broad SMARTS) is 1. The number of carbonyl (C=O) groups excluding carboxylic acids is 2. The predicted molar refractivity (Wildman–Crippen MR) is 77.3 cm³/mol. The van der Waals surface area contributed by atoms with Crippen LogP contribution in [0.1, 0.15) is 0 Å². The minimum absolute atomic E-state index is 0.153. The lowest BCUT2D eigenvalue weighted by Crippen LogP contribution is -2.46. The fraction of sp³-hybridized carbons (Fsp3) is 0.308. The standard InChI is InChI=1S/C13H13BrN2O5/c1-15(6-13(19)20)11(17)5-16-9-3-2-8(14)4-10(9)21-7-12(16)18/h2-4H,5-7H2,1H3,(H,19,20). The molecule has 1 heterocycles. The summed E-state index contributed by atoms with van der Waals surface area (Å²) in [4.78, 5) is 36.9. The maximum atomic E-state index is 12.0. The van der Waals surface area contributed by atoms with Gasteiger partial charge in [0.05, 0.1) is 5.69 Å². The van der Waals surface area contributed by atoms with Crippen molar-refractivity contribution in [1.29, 1.82) is 0 Å². The Hall–Kier alpha value is -2.09. The van der Waals surface area contributed by atoms with Crippen LogP contribution in [-0.4, -0.2) is 54.5 Å². The Morgan fingerprint density at radius 2 is 2.19 bits per heavy atom. The Bertz CT molecular complexity index is 604. The number of anilines is 1. The molecule has 0 saturated heterocycles. The average Bonchev–Trinajstić information content (AvgIpc) is 2.41. The SMILES string of the molecule is CN(CC(=O)O)C(=O)CN1C(=O)COc2cc(Br)ccc21. The second-order valence-corrected chi connectivity index (χ2v) is 5.44. The topological polar surface area (TPSA) is 87.2 Å². The van der Waals surface area contributed by atoms with Crippen molar-refractivity contribution in [3.63, 3.8) is 0 Å². The van der Waals surface area contributed by atoms with Gasteiger partial charge in [0.1, 0.15) is 18.8 Å². The zero-order valence-corrected chi connectivity index (χ0v) is 12.8. The van der Waals surface area contributed by atoms with Crippen LogP contribution in [0.2, 0.25) is 0 Å². The van der Waals surface area contributed by atoms with E-state index in [4.69, 9.17) is 9.84 Å². The van der Waals surface area contributed by atoms with Gasteiger partial charge in [-0.05, 0) is 18.2 Å². The van der Waals surface area contributed by atoms with Crippen LogP contribution < -0.4 is 9.64 Å². The van der Waals surface area contributed by atoms with Crippen molar-refractivity contribution >= 4 is 39.4 Å². The highest BCUT2D eigenvalue weighted by atomic mass is 79.9. The third-order valence-corrected chi connectivity index (χ3v) is 3.45. The number of carboxylic acids is 1. The zero-order valence-electron chi connectivity index (χ0n) is 11.2. The van der Waals surface area contributed by atoms with Gasteiger partial charge >= 0.3 is 5.97 Å². The summed E-state index contributed by atoms with van der Waals surface area (Å²) in [5, 5.41) is 8.68. The minimum atomic E-state index is -1.11.